The number of hydrogen-bond donors (Lipinski definition) is 3. The molecule has 17 heavy (non-hydrogen) atoms. The molecule has 0 saturated heterocycles. The Kier molecular flexibility index (Phi) is 10.5. The highest BCUT2D eigenvalue weighted by Gasteiger charge is 2.13. The molecule has 0 aromatic heterocycles. The van der Waals surface area contributed by atoms with Gasteiger partial charge in [-0.05, 0) is 27.2 Å². The quantitative estimate of drug-likeness (QED) is 0.402. The molecule has 0 aromatic rings. The molecule has 0 unspecified atom stereocenters. The van der Waals surface area contributed by atoms with Gasteiger partial charge in [-0.1, -0.05) is 6.92 Å². The summed E-state index contributed by atoms with van der Waals surface area (Å²) >= 11 is 0. The number of amides is 1. The topological polar surface area (TPSA) is 65.5 Å². The van der Waals surface area contributed by atoms with Gasteiger partial charge in [-0.25, -0.2) is 0 Å². The van der Waals surface area contributed by atoms with Crippen molar-refractivity contribution in [2.75, 3.05) is 20.1 Å². The summed E-state index contributed by atoms with van der Waals surface area (Å²) in [6, 6.07) is 0. The second-order valence-electron chi connectivity index (χ2n) is 4.65. The number of guanidine groups is 1. The molecule has 0 aromatic carbocycles. The summed E-state index contributed by atoms with van der Waals surface area (Å²) in [5.74, 6) is 0.623. The van der Waals surface area contributed by atoms with Crippen molar-refractivity contribution in [3.8, 4) is 0 Å². The highest BCUT2D eigenvalue weighted by atomic mass is 127. The monoisotopic (exact) mass is 356 g/mol. The van der Waals surface area contributed by atoms with E-state index in [4.69, 9.17) is 0 Å². The van der Waals surface area contributed by atoms with Gasteiger partial charge in [-0.15, -0.1) is 24.0 Å². The largest absolute Gasteiger partial charge is 0.356 e. The van der Waals surface area contributed by atoms with Crippen LogP contribution in [0.5, 0.6) is 0 Å². The fourth-order valence-corrected chi connectivity index (χ4v) is 1.09. The average molecular weight is 356 g/mol. The minimum atomic E-state index is -0.195. The molecular weight excluding hydrogens is 331 g/mol. The van der Waals surface area contributed by atoms with E-state index in [1.165, 1.54) is 0 Å². The fraction of sp³-hybridized carbons (Fsp3) is 0.818. The summed E-state index contributed by atoms with van der Waals surface area (Å²) in [5, 5.41) is 8.92. The molecule has 0 aliphatic heterocycles. The summed E-state index contributed by atoms with van der Waals surface area (Å²) in [6.07, 6.45) is 1.02. The molecule has 0 aliphatic carbocycles. The molecular formula is C11H25IN4O. The summed E-state index contributed by atoms with van der Waals surface area (Å²) in [4.78, 5) is 15.5. The number of rotatable bonds is 4. The summed E-state index contributed by atoms with van der Waals surface area (Å²) in [5.41, 5.74) is -0.195. The Morgan fingerprint density at radius 2 is 1.82 bits per heavy atom. The van der Waals surface area contributed by atoms with Crippen LogP contribution in [0.3, 0.4) is 0 Å². The van der Waals surface area contributed by atoms with Crippen molar-refractivity contribution in [3.63, 3.8) is 0 Å². The lowest BCUT2D eigenvalue weighted by molar-refractivity contribution is -0.121. The van der Waals surface area contributed by atoms with Gasteiger partial charge in [0.2, 0.25) is 5.91 Å². The zero-order valence-corrected chi connectivity index (χ0v) is 13.7. The van der Waals surface area contributed by atoms with Crippen LogP contribution in [-0.2, 0) is 4.79 Å². The van der Waals surface area contributed by atoms with Crippen LogP contribution >= 0.6 is 24.0 Å². The average Bonchev–Trinajstić information content (AvgIpc) is 2.15. The van der Waals surface area contributed by atoms with Gasteiger partial charge in [0.05, 0.1) is 6.54 Å². The molecule has 0 heterocycles. The van der Waals surface area contributed by atoms with Crippen molar-refractivity contribution < 1.29 is 4.79 Å². The van der Waals surface area contributed by atoms with Gasteiger partial charge < -0.3 is 16.0 Å². The molecule has 3 N–H and O–H groups in total. The van der Waals surface area contributed by atoms with Crippen molar-refractivity contribution in [1.82, 2.24) is 16.0 Å². The smallest absolute Gasteiger partial charge is 0.239 e. The lowest BCUT2D eigenvalue weighted by Crippen LogP contribution is -2.48. The van der Waals surface area contributed by atoms with Crippen molar-refractivity contribution >= 4 is 35.8 Å². The van der Waals surface area contributed by atoms with Crippen molar-refractivity contribution in [3.05, 3.63) is 0 Å². The number of hydrogen-bond acceptors (Lipinski definition) is 2. The molecule has 0 atom stereocenters. The van der Waals surface area contributed by atoms with E-state index < -0.39 is 0 Å². The van der Waals surface area contributed by atoms with Crippen LogP contribution in [0, 0.1) is 0 Å². The molecule has 102 valence electrons. The summed E-state index contributed by atoms with van der Waals surface area (Å²) in [6.45, 7) is 9.02. The standard InChI is InChI=1S/C11H24N4O.HI/c1-6-7-13-10(12-5)14-8-9(16)15-11(2,3)4;/h6-8H2,1-5H3,(H,15,16)(H2,12,13,14);1H. The van der Waals surface area contributed by atoms with Crippen molar-refractivity contribution in [2.24, 2.45) is 4.99 Å². The van der Waals surface area contributed by atoms with Gasteiger partial charge in [0.1, 0.15) is 0 Å². The number of carbonyl (C=O) groups is 1. The minimum Gasteiger partial charge on any atom is -0.356 e. The van der Waals surface area contributed by atoms with Gasteiger partial charge in [-0.2, -0.15) is 0 Å². The lowest BCUT2D eigenvalue weighted by atomic mass is 10.1. The molecule has 5 nitrogen and oxygen atoms in total. The normalized spacial score (nSPS) is 11.5. The summed E-state index contributed by atoms with van der Waals surface area (Å²) in [7, 11) is 1.69. The molecule has 0 spiro atoms. The Bertz CT molecular complexity index is 248. The number of nitrogens with one attached hydrogen (secondary N) is 3. The maximum absolute atomic E-state index is 11.5. The molecule has 6 heteroatoms. The van der Waals surface area contributed by atoms with Gasteiger partial charge >= 0.3 is 0 Å². The molecule has 0 saturated carbocycles. The van der Waals surface area contributed by atoms with E-state index in [-0.39, 0.29) is 42.0 Å². The molecule has 0 rings (SSSR count). The molecule has 0 radical (unpaired) electrons. The van der Waals surface area contributed by atoms with Crippen LogP contribution in [0.1, 0.15) is 34.1 Å². The summed E-state index contributed by atoms with van der Waals surface area (Å²) < 4.78 is 0. The first-order valence-electron chi connectivity index (χ1n) is 5.64. The SMILES string of the molecule is CCCNC(=NC)NCC(=O)NC(C)(C)C.I. The van der Waals surface area contributed by atoms with E-state index in [1.54, 1.807) is 7.05 Å². The van der Waals surface area contributed by atoms with Crippen LogP contribution in [0.25, 0.3) is 0 Å². The van der Waals surface area contributed by atoms with Crippen molar-refractivity contribution in [1.29, 1.82) is 0 Å². The predicted molar refractivity (Wildman–Crippen MR) is 83.0 cm³/mol. The number of carbonyl (C=O) groups excluding carboxylic acids is 1. The highest BCUT2D eigenvalue weighted by Crippen LogP contribution is 1.96. The zero-order chi connectivity index (χ0) is 12.6. The second kappa shape index (κ2) is 9.49. The van der Waals surface area contributed by atoms with Crippen LogP contribution in [0.2, 0.25) is 0 Å². The Labute approximate surface area is 121 Å². The fourth-order valence-electron chi connectivity index (χ4n) is 1.09. The Morgan fingerprint density at radius 1 is 1.24 bits per heavy atom. The Balaban J connectivity index is 0. The van der Waals surface area contributed by atoms with E-state index in [0.29, 0.717) is 5.96 Å². The molecule has 0 bridgehead atoms. The maximum atomic E-state index is 11.5. The first kappa shape index (κ1) is 18.8. The lowest BCUT2D eigenvalue weighted by Gasteiger charge is -2.21. The first-order chi connectivity index (χ1) is 7.39. The predicted octanol–water partition coefficient (Wildman–Crippen LogP) is 1.09. The second-order valence-corrected chi connectivity index (χ2v) is 4.65. The van der Waals surface area contributed by atoms with Gasteiger partial charge in [0, 0.05) is 19.1 Å². The van der Waals surface area contributed by atoms with E-state index in [0.717, 1.165) is 13.0 Å². The van der Waals surface area contributed by atoms with E-state index >= 15 is 0 Å². The van der Waals surface area contributed by atoms with E-state index in [9.17, 15) is 4.79 Å². The third-order valence-electron chi connectivity index (χ3n) is 1.70. The third kappa shape index (κ3) is 11.7. The van der Waals surface area contributed by atoms with Crippen LogP contribution in [0.15, 0.2) is 4.99 Å². The number of nitrogens with zero attached hydrogens (tertiary/aromatic N) is 1. The Hall–Kier alpha value is -0.530. The molecule has 0 aliphatic rings. The number of halogens is 1. The first-order valence-corrected chi connectivity index (χ1v) is 5.64. The van der Waals surface area contributed by atoms with Gasteiger partial charge in [0.15, 0.2) is 5.96 Å². The minimum absolute atomic E-state index is 0. The van der Waals surface area contributed by atoms with E-state index in [1.807, 2.05) is 20.8 Å². The van der Waals surface area contributed by atoms with Crippen LogP contribution < -0.4 is 16.0 Å². The third-order valence-corrected chi connectivity index (χ3v) is 1.70. The zero-order valence-electron chi connectivity index (χ0n) is 11.4. The Morgan fingerprint density at radius 3 is 2.24 bits per heavy atom. The molecule has 0 fully saturated rings. The van der Waals surface area contributed by atoms with Crippen molar-refractivity contribution in [2.45, 2.75) is 39.7 Å². The van der Waals surface area contributed by atoms with E-state index in [2.05, 4.69) is 27.9 Å². The maximum Gasteiger partial charge on any atom is 0.239 e. The highest BCUT2D eigenvalue weighted by molar-refractivity contribution is 14.0. The van der Waals surface area contributed by atoms with Crippen LogP contribution in [0.4, 0.5) is 0 Å². The molecule has 1 amide bonds. The van der Waals surface area contributed by atoms with Gasteiger partial charge in [-0.3, -0.25) is 9.79 Å². The van der Waals surface area contributed by atoms with Gasteiger partial charge in [0.25, 0.3) is 0 Å². The van der Waals surface area contributed by atoms with Crippen LogP contribution in [-0.4, -0.2) is 37.5 Å². The number of aliphatic imine (C=N–C) groups is 1.